The maximum absolute atomic E-state index is 15.7. The number of nitrogens with one attached hydrogen (secondary N) is 2. The molecule has 1 saturated carbocycles. The van der Waals surface area contributed by atoms with E-state index < -0.39 is 52.8 Å². The Morgan fingerprint density at radius 3 is 2.51 bits per heavy atom. The third-order valence-electron chi connectivity index (χ3n) is 9.09. The highest BCUT2D eigenvalue weighted by molar-refractivity contribution is 6.31. The fraction of sp³-hybridized carbons (Fsp3) is 0.581. The first-order chi connectivity index (χ1) is 19.2. The van der Waals surface area contributed by atoms with Crippen LogP contribution in [0.15, 0.2) is 36.4 Å². The van der Waals surface area contributed by atoms with Gasteiger partial charge < -0.3 is 26.6 Å². The Balaban J connectivity index is 1.80. The smallest absolute Gasteiger partial charge is 0.237 e. The topological polar surface area (TPSA) is 108 Å². The van der Waals surface area contributed by atoms with E-state index in [0.29, 0.717) is 6.42 Å². The lowest BCUT2D eigenvalue weighted by atomic mass is 9.65. The van der Waals surface area contributed by atoms with Crippen molar-refractivity contribution in [3.8, 4) is 0 Å². The lowest BCUT2D eigenvalue weighted by molar-refractivity contribution is -0.123. The van der Waals surface area contributed by atoms with Crippen LogP contribution in [0.5, 0.6) is 0 Å². The van der Waals surface area contributed by atoms with Crippen molar-refractivity contribution in [3.63, 3.8) is 0 Å². The Bertz CT molecular complexity index is 1250. The molecule has 1 aliphatic heterocycles. The number of amides is 1. The van der Waals surface area contributed by atoms with E-state index in [1.807, 2.05) is 0 Å². The van der Waals surface area contributed by atoms with E-state index in [1.165, 1.54) is 38.1 Å². The van der Waals surface area contributed by atoms with Gasteiger partial charge >= 0.3 is 0 Å². The Hall–Kier alpha value is -1.81. The summed E-state index contributed by atoms with van der Waals surface area (Å²) in [6, 6.07) is 7.15. The van der Waals surface area contributed by atoms with Crippen LogP contribution < -0.4 is 16.4 Å². The van der Waals surface area contributed by atoms with Crippen LogP contribution in [-0.4, -0.2) is 46.5 Å². The van der Waals surface area contributed by atoms with E-state index in [-0.39, 0.29) is 39.6 Å². The highest BCUT2D eigenvalue weighted by atomic mass is 35.5. The van der Waals surface area contributed by atoms with Gasteiger partial charge in [-0.25, -0.2) is 8.78 Å². The summed E-state index contributed by atoms with van der Waals surface area (Å²) in [5.74, 6) is -2.86. The number of carbonyl (C=O) groups excluding carboxylic acids is 1. The average Bonchev–Trinajstić information content (AvgIpc) is 3.17. The van der Waals surface area contributed by atoms with E-state index in [1.54, 1.807) is 12.1 Å². The first-order valence-corrected chi connectivity index (χ1v) is 15.1. The zero-order valence-corrected chi connectivity index (χ0v) is 25.3. The quantitative estimate of drug-likeness (QED) is 0.256. The molecule has 0 spiro atoms. The van der Waals surface area contributed by atoms with Gasteiger partial charge in [-0.15, -0.1) is 0 Å². The minimum atomic E-state index is -1.55. The minimum absolute atomic E-state index is 0.0577. The normalized spacial score (nSPS) is 27.0. The van der Waals surface area contributed by atoms with E-state index in [2.05, 4.69) is 17.6 Å². The lowest BCUT2D eigenvalue weighted by Gasteiger charge is -2.42. The number of aliphatic hydroxyl groups excluding tert-OH is 1. The van der Waals surface area contributed by atoms with E-state index in [9.17, 15) is 15.0 Å². The molecule has 1 heterocycles. The van der Waals surface area contributed by atoms with Gasteiger partial charge in [-0.3, -0.25) is 4.79 Å². The number of carbonyl (C=O) groups is 1. The van der Waals surface area contributed by atoms with Crippen molar-refractivity contribution >= 4 is 29.1 Å². The molecule has 10 heteroatoms. The van der Waals surface area contributed by atoms with Crippen LogP contribution in [0.25, 0.3) is 0 Å². The maximum Gasteiger partial charge on any atom is 0.237 e. The molecule has 2 aliphatic rings. The van der Waals surface area contributed by atoms with Gasteiger partial charge in [0.15, 0.2) is 0 Å². The number of aliphatic hydroxyl groups is 2. The number of nitrogens with two attached hydrogens (primary N) is 1. The van der Waals surface area contributed by atoms with Crippen molar-refractivity contribution < 1.29 is 23.8 Å². The number of hydrogen-bond donors (Lipinski definition) is 5. The molecule has 6 N–H and O–H groups in total. The Morgan fingerprint density at radius 2 is 1.88 bits per heavy atom. The van der Waals surface area contributed by atoms with Crippen LogP contribution >= 0.6 is 23.2 Å². The molecule has 2 aromatic rings. The average molecular weight is 613 g/mol. The molecule has 0 aromatic heterocycles. The highest BCUT2D eigenvalue weighted by Gasteiger charge is 2.59. The second-order valence-corrected chi connectivity index (χ2v) is 13.5. The molecule has 1 aliphatic carbocycles. The molecule has 0 unspecified atom stereocenters. The van der Waals surface area contributed by atoms with Crippen molar-refractivity contribution in [2.45, 2.75) is 101 Å². The van der Waals surface area contributed by atoms with Gasteiger partial charge in [-0.1, -0.05) is 67.6 Å². The summed E-state index contributed by atoms with van der Waals surface area (Å²) in [7, 11) is 0. The predicted octanol–water partition coefficient (Wildman–Crippen LogP) is 5.55. The Labute approximate surface area is 251 Å². The minimum Gasteiger partial charge on any atom is -0.390 e. The van der Waals surface area contributed by atoms with Gasteiger partial charge in [0, 0.05) is 29.1 Å². The predicted molar refractivity (Wildman–Crippen MR) is 158 cm³/mol. The van der Waals surface area contributed by atoms with E-state index >= 15 is 8.78 Å². The second-order valence-electron chi connectivity index (χ2n) is 12.7. The zero-order valence-electron chi connectivity index (χ0n) is 23.8. The van der Waals surface area contributed by atoms with Crippen LogP contribution in [0.2, 0.25) is 10.0 Å². The number of hydrogen-bond acceptors (Lipinski definition) is 5. The number of halogens is 4. The summed E-state index contributed by atoms with van der Waals surface area (Å²) in [5, 5.41) is 26.6. The molecule has 6 nitrogen and oxygen atoms in total. The fourth-order valence-corrected chi connectivity index (χ4v) is 7.03. The van der Waals surface area contributed by atoms with Gasteiger partial charge in [0.1, 0.15) is 11.6 Å². The molecule has 2 fully saturated rings. The maximum atomic E-state index is 15.7. The molecule has 4 rings (SSSR count). The highest BCUT2D eigenvalue weighted by Crippen LogP contribution is 2.51. The monoisotopic (exact) mass is 611 g/mol. The Kier molecular flexibility index (Phi) is 9.73. The summed E-state index contributed by atoms with van der Waals surface area (Å²) in [6.45, 7) is 5.21. The summed E-state index contributed by atoms with van der Waals surface area (Å²) in [5.41, 5.74) is 4.54. The first-order valence-electron chi connectivity index (χ1n) is 14.3. The molecule has 226 valence electrons. The molecule has 1 saturated heterocycles. The molecule has 5 atom stereocenters. The van der Waals surface area contributed by atoms with Gasteiger partial charge in [-0.2, -0.15) is 0 Å². The fourth-order valence-electron chi connectivity index (χ4n) is 6.69. The second kappa shape index (κ2) is 12.4. The van der Waals surface area contributed by atoms with Gasteiger partial charge in [0.05, 0.1) is 28.3 Å². The van der Waals surface area contributed by atoms with Gasteiger partial charge in [0.2, 0.25) is 5.91 Å². The molecule has 2 aromatic carbocycles. The number of rotatable bonds is 9. The van der Waals surface area contributed by atoms with Crippen molar-refractivity contribution in [3.05, 3.63) is 69.2 Å². The van der Waals surface area contributed by atoms with Gasteiger partial charge in [-0.05, 0) is 68.7 Å². The van der Waals surface area contributed by atoms with Crippen LogP contribution in [0.3, 0.4) is 0 Å². The van der Waals surface area contributed by atoms with Crippen molar-refractivity contribution in [1.29, 1.82) is 0 Å². The standard InChI is InChI=1S/C31H41Cl2F2N3O3/c1-29(2,41)24(39)12-15-37-28(40)27-25(19-8-7-9-21(33)26(19)35)31(36,20-11-10-18(32)16-22(20)34)23(38-27)17-30(3)13-5-4-6-14-30/h7-11,16,23-25,27,38-39,41H,4-6,12-15,17,36H2,1-3H3,(H,37,40)/t23-,24-,25-,27+,31+/m0/s1. The Morgan fingerprint density at radius 1 is 1.20 bits per heavy atom. The molecular weight excluding hydrogens is 571 g/mol. The molecule has 0 radical (unpaired) electrons. The van der Waals surface area contributed by atoms with Crippen molar-refractivity contribution in [2.75, 3.05) is 6.54 Å². The zero-order chi connectivity index (χ0) is 30.2. The molecule has 41 heavy (non-hydrogen) atoms. The lowest BCUT2D eigenvalue weighted by Crippen LogP contribution is -2.53. The van der Waals surface area contributed by atoms with Crippen molar-refractivity contribution in [2.24, 2.45) is 11.1 Å². The van der Waals surface area contributed by atoms with Gasteiger partial charge in [0.25, 0.3) is 0 Å². The third-order valence-corrected chi connectivity index (χ3v) is 9.62. The molecule has 0 bridgehead atoms. The summed E-state index contributed by atoms with van der Waals surface area (Å²) >= 11 is 12.3. The van der Waals surface area contributed by atoms with Crippen LogP contribution in [0.1, 0.15) is 82.8 Å². The first kappa shape index (κ1) is 32.1. The third kappa shape index (κ3) is 6.73. The van der Waals surface area contributed by atoms with Crippen LogP contribution in [0.4, 0.5) is 8.78 Å². The largest absolute Gasteiger partial charge is 0.390 e. The number of benzene rings is 2. The van der Waals surface area contributed by atoms with Crippen LogP contribution in [-0.2, 0) is 10.3 Å². The van der Waals surface area contributed by atoms with E-state index in [0.717, 1.165) is 32.1 Å². The summed E-state index contributed by atoms with van der Waals surface area (Å²) in [4.78, 5) is 13.8. The molecule has 1 amide bonds. The SMILES string of the molecule is CC1(C[C@@H]2N[C@@H](C(=O)NCC[C@H](O)C(C)(C)O)[C@H](c3cccc(Cl)c3F)[C@@]2(N)c2ccc(Cl)cc2F)CCCCC1. The van der Waals surface area contributed by atoms with Crippen LogP contribution in [0, 0.1) is 17.0 Å². The van der Waals surface area contributed by atoms with E-state index in [4.69, 9.17) is 28.9 Å². The summed E-state index contributed by atoms with van der Waals surface area (Å²) < 4.78 is 31.5. The molecular formula is C31H41Cl2F2N3O3. The summed E-state index contributed by atoms with van der Waals surface area (Å²) in [6.07, 6.45) is 4.77. The van der Waals surface area contributed by atoms with Crippen molar-refractivity contribution in [1.82, 2.24) is 10.6 Å².